The van der Waals surface area contributed by atoms with Crippen LogP contribution in [0.1, 0.15) is 36.0 Å². The van der Waals surface area contributed by atoms with Crippen LogP contribution < -0.4 is 4.74 Å². The molecule has 154 valence electrons. The molecule has 2 amide bonds. The van der Waals surface area contributed by atoms with Crippen LogP contribution in [0.25, 0.3) is 0 Å². The SMILES string of the molecule is COc1ccc(S(=O)(=O)N2CCCCCC2)cc1C(=O)N1CCN(C=O)CC1. The Labute approximate surface area is 166 Å². The Kier molecular flexibility index (Phi) is 6.56. The standard InChI is InChI=1S/C19H27N3O5S/c1-27-18-7-6-16(28(25,26)22-8-4-2-3-5-9-22)14-17(18)19(24)21-12-10-20(15-23)11-13-21/h6-7,14-15H,2-5,8-13H2,1H3. The second-order valence-electron chi connectivity index (χ2n) is 7.11. The summed E-state index contributed by atoms with van der Waals surface area (Å²) in [5.74, 6) is 0.0629. The lowest BCUT2D eigenvalue weighted by atomic mass is 10.1. The molecule has 28 heavy (non-hydrogen) atoms. The van der Waals surface area contributed by atoms with E-state index in [2.05, 4.69) is 0 Å². The molecule has 9 heteroatoms. The number of sulfonamides is 1. The number of rotatable bonds is 5. The van der Waals surface area contributed by atoms with E-state index in [1.165, 1.54) is 23.5 Å². The van der Waals surface area contributed by atoms with Gasteiger partial charge in [0.2, 0.25) is 16.4 Å². The van der Waals surface area contributed by atoms with Crippen LogP contribution in [-0.4, -0.2) is 81.2 Å². The van der Waals surface area contributed by atoms with Crippen molar-refractivity contribution in [3.8, 4) is 5.75 Å². The van der Waals surface area contributed by atoms with Gasteiger partial charge in [-0.05, 0) is 31.0 Å². The Morgan fingerprint density at radius 3 is 2.21 bits per heavy atom. The first-order valence-electron chi connectivity index (χ1n) is 9.64. The maximum Gasteiger partial charge on any atom is 0.257 e. The molecule has 0 saturated carbocycles. The van der Waals surface area contributed by atoms with Crippen LogP contribution >= 0.6 is 0 Å². The molecule has 0 spiro atoms. The zero-order valence-electron chi connectivity index (χ0n) is 16.2. The molecule has 3 rings (SSSR count). The Morgan fingerprint density at radius 2 is 1.64 bits per heavy atom. The highest BCUT2D eigenvalue weighted by atomic mass is 32.2. The molecular formula is C19H27N3O5S. The van der Waals surface area contributed by atoms with Crippen LogP contribution in [0.5, 0.6) is 5.75 Å². The van der Waals surface area contributed by atoms with Gasteiger partial charge in [-0.15, -0.1) is 0 Å². The van der Waals surface area contributed by atoms with Gasteiger partial charge in [-0.3, -0.25) is 9.59 Å². The first-order valence-corrected chi connectivity index (χ1v) is 11.1. The van der Waals surface area contributed by atoms with Crippen molar-refractivity contribution in [2.45, 2.75) is 30.6 Å². The van der Waals surface area contributed by atoms with Gasteiger partial charge in [0.1, 0.15) is 5.75 Å². The van der Waals surface area contributed by atoms with Crippen molar-refractivity contribution < 1.29 is 22.7 Å². The van der Waals surface area contributed by atoms with Crippen molar-refractivity contribution in [2.24, 2.45) is 0 Å². The molecule has 2 saturated heterocycles. The third-order valence-corrected chi connectivity index (χ3v) is 7.25. The van der Waals surface area contributed by atoms with E-state index < -0.39 is 10.0 Å². The molecule has 8 nitrogen and oxygen atoms in total. The average Bonchev–Trinajstić information content (AvgIpc) is 3.03. The molecular weight excluding hydrogens is 382 g/mol. The number of hydrogen-bond acceptors (Lipinski definition) is 5. The number of hydrogen-bond donors (Lipinski definition) is 0. The minimum Gasteiger partial charge on any atom is -0.496 e. The number of benzene rings is 1. The molecule has 0 unspecified atom stereocenters. The lowest BCUT2D eigenvalue weighted by Crippen LogP contribution is -2.48. The summed E-state index contributed by atoms with van der Waals surface area (Å²) in [4.78, 5) is 27.2. The van der Waals surface area contributed by atoms with Gasteiger partial charge in [-0.25, -0.2) is 8.42 Å². The lowest BCUT2D eigenvalue weighted by molar-refractivity contribution is -0.119. The van der Waals surface area contributed by atoms with Gasteiger partial charge in [0.05, 0.1) is 17.6 Å². The highest BCUT2D eigenvalue weighted by molar-refractivity contribution is 7.89. The maximum atomic E-state index is 13.1. The van der Waals surface area contributed by atoms with Crippen molar-refractivity contribution in [2.75, 3.05) is 46.4 Å². The molecule has 1 aromatic rings. The zero-order chi connectivity index (χ0) is 20.1. The Balaban J connectivity index is 1.87. The summed E-state index contributed by atoms with van der Waals surface area (Å²) in [5, 5.41) is 0. The summed E-state index contributed by atoms with van der Waals surface area (Å²) < 4.78 is 33.0. The van der Waals surface area contributed by atoms with E-state index in [1.807, 2.05) is 0 Å². The number of piperazine rings is 1. The summed E-state index contributed by atoms with van der Waals surface area (Å²) in [6, 6.07) is 4.47. The second-order valence-corrected chi connectivity index (χ2v) is 9.05. The van der Waals surface area contributed by atoms with Gasteiger partial charge in [0.15, 0.2) is 0 Å². The molecule has 2 heterocycles. The van der Waals surface area contributed by atoms with Gasteiger partial charge >= 0.3 is 0 Å². The average molecular weight is 410 g/mol. The summed E-state index contributed by atoms with van der Waals surface area (Å²) in [6.45, 7) is 2.75. The highest BCUT2D eigenvalue weighted by Gasteiger charge is 2.29. The number of methoxy groups -OCH3 is 1. The highest BCUT2D eigenvalue weighted by Crippen LogP contribution is 2.27. The molecule has 0 aromatic heterocycles. The van der Waals surface area contributed by atoms with E-state index >= 15 is 0 Å². The van der Waals surface area contributed by atoms with Crippen LogP contribution in [0.4, 0.5) is 0 Å². The number of carbonyl (C=O) groups is 2. The first-order chi connectivity index (χ1) is 13.5. The van der Waals surface area contributed by atoms with Crippen LogP contribution in [-0.2, 0) is 14.8 Å². The van der Waals surface area contributed by atoms with Crippen molar-refractivity contribution >= 4 is 22.3 Å². The van der Waals surface area contributed by atoms with Gasteiger partial charge in [-0.1, -0.05) is 12.8 Å². The van der Waals surface area contributed by atoms with Gasteiger partial charge in [0.25, 0.3) is 5.91 Å². The van der Waals surface area contributed by atoms with Crippen LogP contribution in [0.3, 0.4) is 0 Å². The minimum absolute atomic E-state index is 0.116. The van der Waals surface area contributed by atoms with E-state index in [9.17, 15) is 18.0 Å². The maximum absolute atomic E-state index is 13.1. The molecule has 0 atom stereocenters. The quantitative estimate of drug-likeness (QED) is 0.682. The van der Waals surface area contributed by atoms with E-state index in [0.29, 0.717) is 45.0 Å². The summed E-state index contributed by atoms with van der Waals surface area (Å²) in [5.41, 5.74) is 0.234. The van der Waals surface area contributed by atoms with Crippen LogP contribution in [0.15, 0.2) is 23.1 Å². The van der Waals surface area contributed by atoms with Crippen molar-refractivity contribution in [3.05, 3.63) is 23.8 Å². The van der Waals surface area contributed by atoms with Gasteiger partial charge < -0.3 is 14.5 Å². The Hall–Kier alpha value is -2.13. The van der Waals surface area contributed by atoms with Gasteiger partial charge in [0, 0.05) is 39.3 Å². The van der Waals surface area contributed by atoms with Crippen LogP contribution in [0.2, 0.25) is 0 Å². The van der Waals surface area contributed by atoms with E-state index in [-0.39, 0.29) is 16.4 Å². The number of carbonyl (C=O) groups excluding carboxylic acids is 2. The third kappa shape index (κ3) is 4.30. The van der Waals surface area contributed by atoms with E-state index in [0.717, 1.165) is 32.1 Å². The molecule has 0 bridgehead atoms. The summed E-state index contributed by atoms with van der Waals surface area (Å²) in [7, 11) is -2.20. The number of nitrogens with zero attached hydrogens (tertiary/aromatic N) is 3. The molecule has 1 aromatic carbocycles. The van der Waals surface area contributed by atoms with Gasteiger partial charge in [-0.2, -0.15) is 4.31 Å². The molecule has 0 aliphatic carbocycles. The normalized spacial score (nSPS) is 19.2. The molecule has 2 aliphatic rings. The number of ether oxygens (including phenoxy) is 1. The minimum atomic E-state index is -3.66. The second kappa shape index (κ2) is 8.91. The number of amides is 2. The first kappa shape index (κ1) is 20.6. The van der Waals surface area contributed by atoms with Crippen LogP contribution in [0, 0.1) is 0 Å². The lowest BCUT2D eigenvalue weighted by Gasteiger charge is -2.33. The summed E-state index contributed by atoms with van der Waals surface area (Å²) in [6.07, 6.45) is 4.54. The largest absolute Gasteiger partial charge is 0.496 e. The van der Waals surface area contributed by atoms with Crippen molar-refractivity contribution in [1.29, 1.82) is 0 Å². The molecule has 2 aliphatic heterocycles. The predicted molar refractivity (Wildman–Crippen MR) is 104 cm³/mol. The van der Waals surface area contributed by atoms with Crippen molar-refractivity contribution in [1.82, 2.24) is 14.1 Å². The smallest absolute Gasteiger partial charge is 0.257 e. The Bertz CT molecular complexity index is 811. The predicted octanol–water partition coefficient (Wildman–Crippen LogP) is 1.17. The third-order valence-electron chi connectivity index (χ3n) is 5.35. The Morgan fingerprint density at radius 1 is 1.00 bits per heavy atom. The monoisotopic (exact) mass is 409 g/mol. The molecule has 0 N–H and O–H groups in total. The van der Waals surface area contributed by atoms with E-state index in [4.69, 9.17) is 4.74 Å². The fourth-order valence-electron chi connectivity index (χ4n) is 3.65. The fraction of sp³-hybridized carbons (Fsp3) is 0.579. The molecule has 2 fully saturated rings. The zero-order valence-corrected chi connectivity index (χ0v) is 17.0. The summed E-state index contributed by atoms with van der Waals surface area (Å²) >= 11 is 0. The topological polar surface area (TPSA) is 87.2 Å². The van der Waals surface area contributed by atoms with E-state index in [1.54, 1.807) is 15.9 Å². The van der Waals surface area contributed by atoms with Crippen molar-refractivity contribution in [3.63, 3.8) is 0 Å². The fourth-order valence-corrected chi connectivity index (χ4v) is 5.19. The molecule has 0 radical (unpaired) electrons.